The molecule has 4 heteroatoms. The fraction of sp³-hybridized carbons (Fsp3) is 0.571. The lowest BCUT2D eigenvalue weighted by Crippen LogP contribution is -2.48. The molecule has 0 spiro atoms. The first-order valence-corrected chi connectivity index (χ1v) is 6.45. The molecule has 1 fully saturated rings. The molecule has 1 aromatic rings. The highest BCUT2D eigenvalue weighted by molar-refractivity contribution is 5.38. The number of rotatable bonds is 1. The van der Waals surface area contributed by atoms with Crippen molar-refractivity contribution in [2.24, 2.45) is 11.7 Å². The second-order valence-electron chi connectivity index (χ2n) is 5.13. The molecule has 1 aromatic carbocycles. The minimum Gasteiger partial charge on any atom is -0.493 e. The number of alkyl halides is 1. The van der Waals surface area contributed by atoms with Gasteiger partial charge in [0.25, 0.3) is 0 Å². The Morgan fingerprint density at radius 1 is 1.22 bits per heavy atom. The fourth-order valence-corrected chi connectivity index (χ4v) is 2.94. The number of hydrogen-bond donors (Lipinski definition) is 1. The third-order valence-electron chi connectivity index (χ3n) is 4.12. The monoisotopic (exact) mass is 251 g/mol. The van der Waals surface area contributed by atoms with Crippen LogP contribution in [0.4, 0.5) is 4.39 Å². The van der Waals surface area contributed by atoms with Crippen LogP contribution in [-0.4, -0.2) is 25.5 Å². The largest absolute Gasteiger partial charge is 0.493 e. The third kappa shape index (κ3) is 1.89. The number of hydrogen-bond acceptors (Lipinski definition) is 3. The average Bonchev–Trinajstić information content (AvgIpc) is 2.40. The zero-order valence-electron chi connectivity index (χ0n) is 10.3. The van der Waals surface area contributed by atoms with Crippen LogP contribution in [0.3, 0.4) is 0 Å². The van der Waals surface area contributed by atoms with Gasteiger partial charge in [0, 0.05) is 43.6 Å². The van der Waals surface area contributed by atoms with Gasteiger partial charge in [-0.1, -0.05) is 18.2 Å². The summed E-state index contributed by atoms with van der Waals surface area (Å²) < 4.78 is 25.9. The van der Waals surface area contributed by atoms with Crippen molar-refractivity contribution in [3.63, 3.8) is 0 Å². The van der Waals surface area contributed by atoms with Gasteiger partial charge < -0.3 is 15.2 Å². The Balaban J connectivity index is 1.87. The van der Waals surface area contributed by atoms with Crippen molar-refractivity contribution >= 4 is 0 Å². The molecule has 3 rings (SSSR count). The van der Waals surface area contributed by atoms with E-state index in [0.29, 0.717) is 32.7 Å². The molecule has 2 heterocycles. The average molecular weight is 251 g/mol. The highest BCUT2D eigenvalue weighted by Gasteiger charge is 2.46. The first kappa shape index (κ1) is 11.9. The Bertz CT molecular complexity index is 432. The van der Waals surface area contributed by atoms with E-state index in [1.54, 1.807) is 0 Å². The topological polar surface area (TPSA) is 44.5 Å². The molecule has 18 heavy (non-hydrogen) atoms. The molecule has 3 nitrogen and oxygen atoms in total. The van der Waals surface area contributed by atoms with Crippen molar-refractivity contribution in [1.82, 2.24) is 0 Å². The third-order valence-corrected chi connectivity index (χ3v) is 4.12. The number of benzene rings is 1. The van der Waals surface area contributed by atoms with Crippen molar-refractivity contribution in [3.05, 3.63) is 29.8 Å². The molecule has 0 unspecified atom stereocenters. The summed E-state index contributed by atoms with van der Waals surface area (Å²) in [6, 6.07) is 7.35. The fourth-order valence-electron chi connectivity index (χ4n) is 2.94. The predicted octanol–water partition coefficient (Wildman–Crippen LogP) is 2.21. The van der Waals surface area contributed by atoms with E-state index >= 15 is 0 Å². The van der Waals surface area contributed by atoms with E-state index in [4.69, 9.17) is 15.2 Å². The first-order chi connectivity index (χ1) is 8.71. The van der Waals surface area contributed by atoms with Gasteiger partial charge in [0.15, 0.2) is 0 Å². The zero-order chi connectivity index (χ0) is 12.6. The summed E-state index contributed by atoms with van der Waals surface area (Å²) in [6.45, 7) is 1.30. The summed E-state index contributed by atoms with van der Waals surface area (Å²) in [4.78, 5) is 0. The van der Waals surface area contributed by atoms with Gasteiger partial charge in [0.2, 0.25) is 0 Å². The number of halogens is 1. The van der Waals surface area contributed by atoms with Crippen LogP contribution in [0, 0.1) is 5.92 Å². The van der Waals surface area contributed by atoms with Gasteiger partial charge in [-0.15, -0.1) is 0 Å². The minimum absolute atomic E-state index is 0.281. The maximum absolute atomic E-state index is 15.0. The van der Waals surface area contributed by atoms with Gasteiger partial charge in [0.05, 0.1) is 6.61 Å². The molecule has 1 saturated heterocycles. The highest BCUT2D eigenvalue weighted by Crippen LogP contribution is 2.44. The quantitative estimate of drug-likeness (QED) is 0.832. The van der Waals surface area contributed by atoms with E-state index in [2.05, 4.69) is 0 Å². The molecule has 0 bridgehead atoms. The molecule has 98 valence electrons. The lowest BCUT2D eigenvalue weighted by atomic mass is 9.76. The van der Waals surface area contributed by atoms with E-state index in [-0.39, 0.29) is 12.0 Å². The Morgan fingerprint density at radius 3 is 2.72 bits per heavy atom. The van der Waals surface area contributed by atoms with Crippen molar-refractivity contribution in [3.8, 4) is 5.75 Å². The Labute approximate surface area is 106 Å². The van der Waals surface area contributed by atoms with E-state index in [9.17, 15) is 4.39 Å². The van der Waals surface area contributed by atoms with Gasteiger partial charge in [-0.05, 0) is 6.07 Å². The van der Waals surface area contributed by atoms with Gasteiger partial charge >= 0.3 is 0 Å². The SMILES string of the molecule is N[C@H]1c2ccccc2OC[C@@H]1C1(F)CCOCC1. The summed E-state index contributed by atoms with van der Waals surface area (Å²) in [5.41, 5.74) is 5.90. The summed E-state index contributed by atoms with van der Waals surface area (Å²) in [5.74, 6) is 0.508. The zero-order valence-corrected chi connectivity index (χ0v) is 10.3. The Hall–Kier alpha value is -1.13. The molecule has 2 aliphatic heterocycles. The predicted molar refractivity (Wildman–Crippen MR) is 66.2 cm³/mol. The number of ether oxygens (including phenoxy) is 2. The second kappa shape index (κ2) is 4.52. The number of fused-ring (bicyclic) bond motifs is 1. The molecule has 0 saturated carbocycles. The molecule has 0 aromatic heterocycles. The van der Waals surface area contributed by atoms with Crippen LogP contribution in [0.1, 0.15) is 24.4 Å². The summed E-state index contributed by atoms with van der Waals surface area (Å²) in [6.07, 6.45) is 0.827. The lowest BCUT2D eigenvalue weighted by Gasteiger charge is -2.42. The molecule has 2 N–H and O–H groups in total. The highest BCUT2D eigenvalue weighted by atomic mass is 19.1. The Kier molecular flexibility index (Phi) is 2.99. The molecular weight excluding hydrogens is 233 g/mol. The van der Waals surface area contributed by atoms with Crippen molar-refractivity contribution < 1.29 is 13.9 Å². The number of nitrogens with two attached hydrogens (primary N) is 1. The van der Waals surface area contributed by atoms with Crippen LogP contribution in [0.5, 0.6) is 5.75 Å². The van der Waals surface area contributed by atoms with E-state index in [1.807, 2.05) is 24.3 Å². The van der Waals surface area contributed by atoms with Crippen LogP contribution in [0.15, 0.2) is 24.3 Å². The second-order valence-corrected chi connectivity index (χ2v) is 5.13. The van der Waals surface area contributed by atoms with Gasteiger partial charge in [-0.2, -0.15) is 0 Å². The molecular formula is C14H18FNO2. The van der Waals surface area contributed by atoms with Gasteiger partial charge in [-0.3, -0.25) is 0 Å². The summed E-state index contributed by atoms with van der Waals surface area (Å²) in [7, 11) is 0. The normalized spacial score (nSPS) is 30.3. The Morgan fingerprint density at radius 2 is 1.94 bits per heavy atom. The van der Waals surface area contributed by atoms with Crippen LogP contribution < -0.4 is 10.5 Å². The molecule has 2 aliphatic rings. The summed E-state index contributed by atoms with van der Waals surface area (Å²) in [5, 5.41) is 0. The van der Waals surface area contributed by atoms with Crippen LogP contribution in [0.2, 0.25) is 0 Å². The van der Waals surface area contributed by atoms with Gasteiger partial charge in [0.1, 0.15) is 11.4 Å². The van der Waals surface area contributed by atoms with Crippen molar-refractivity contribution in [2.45, 2.75) is 24.6 Å². The minimum atomic E-state index is -1.26. The molecule has 0 aliphatic carbocycles. The van der Waals surface area contributed by atoms with Crippen LogP contribution in [-0.2, 0) is 4.74 Å². The summed E-state index contributed by atoms with van der Waals surface area (Å²) >= 11 is 0. The van der Waals surface area contributed by atoms with Crippen LogP contribution >= 0.6 is 0 Å². The maximum Gasteiger partial charge on any atom is 0.124 e. The van der Waals surface area contributed by atoms with E-state index in [0.717, 1.165) is 11.3 Å². The van der Waals surface area contributed by atoms with Crippen molar-refractivity contribution in [2.75, 3.05) is 19.8 Å². The molecule has 2 atom stereocenters. The van der Waals surface area contributed by atoms with Crippen LogP contribution in [0.25, 0.3) is 0 Å². The smallest absolute Gasteiger partial charge is 0.124 e. The van der Waals surface area contributed by atoms with E-state index in [1.165, 1.54) is 0 Å². The lowest BCUT2D eigenvalue weighted by molar-refractivity contribution is -0.0650. The molecule has 0 amide bonds. The standard InChI is InChI=1S/C14H18FNO2/c15-14(5-7-17-8-6-14)11-9-18-12-4-2-1-3-10(12)13(11)16/h1-4,11,13H,5-9,16H2/t11-,13-/m0/s1. The van der Waals surface area contributed by atoms with E-state index < -0.39 is 5.67 Å². The van der Waals surface area contributed by atoms with Crippen molar-refractivity contribution in [1.29, 1.82) is 0 Å². The molecule has 0 radical (unpaired) electrons. The van der Waals surface area contributed by atoms with Gasteiger partial charge in [-0.25, -0.2) is 4.39 Å². The number of para-hydroxylation sites is 1. The first-order valence-electron chi connectivity index (χ1n) is 6.45. The maximum atomic E-state index is 15.0.